The van der Waals surface area contributed by atoms with Crippen molar-refractivity contribution in [2.75, 3.05) is 6.61 Å². The third-order valence-electron chi connectivity index (χ3n) is 4.17. The summed E-state index contributed by atoms with van der Waals surface area (Å²) in [6.45, 7) is 1.95. The summed E-state index contributed by atoms with van der Waals surface area (Å²) in [6.07, 6.45) is 3.45. The minimum absolute atomic E-state index is 0.0176. The van der Waals surface area contributed by atoms with Crippen molar-refractivity contribution in [3.8, 4) is 5.75 Å². The van der Waals surface area contributed by atoms with E-state index in [0.29, 0.717) is 5.02 Å². The van der Waals surface area contributed by atoms with Gasteiger partial charge in [-0.2, -0.15) is 0 Å². The van der Waals surface area contributed by atoms with E-state index in [0.717, 1.165) is 24.2 Å². The van der Waals surface area contributed by atoms with E-state index in [9.17, 15) is 4.79 Å². The van der Waals surface area contributed by atoms with Gasteiger partial charge in [-0.25, -0.2) is 0 Å². The number of hydrogen-bond acceptors (Lipinski definition) is 2. The minimum Gasteiger partial charge on any atom is -0.484 e. The van der Waals surface area contributed by atoms with Crippen LogP contribution in [0, 0.1) is 0 Å². The van der Waals surface area contributed by atoms with Crippen LogP contribution in [0.4, 0.5) is 0 Å². The average Bonchev–Trinajstić information content (AvgIpc) is 3.00. The zero-order valence-corrected chi connectivity index (χ0v) is 13.9. The van der Waals surface area contributed by atoms with Crippen LogP contribution in [0.1, 0.15) is 36.1 Å². The van der Waals surface area contributed by atoms with Crippen LogP contribution >= 0.6 is 11.6 Å². The normalized spacial score (nSPS) is 14.2. The van der Waals surface area contributed by atoms with Gasteiger partial charge >= 0.3 is 0 Å². The summed E-state index contributed by atoms with van der Waals surface area (Å²) in [5.41, 5.74) is 3.72. The van der Waals surface area contributed by atoms with Gasteiger partial charge in [-0.1, -0.05) is 29.8 Å². The summed E-state index contributed by atoms with van der Waals surface area (Å²) in [4.78, 5) is 12.0. The third-order valence-corrected chi connectivity index (χ3v) is 4.40. The van der Waals surface area contributed by atoms with Gasteiger partial charge in [-0.3, -0.25) is 4.79 Å². The van der Waals surface area contributed by atoms with Gasteiger partial charge in [0.15, 0.2) is 6.61 Å². The predicted molar refractivity (Wildman–Crippen MR) is 92.0 cm³/mol. The van der Waals surface area contributed by atoms with Crippen molar-refractivity contribution < 1.29 is 9.53 Å². The Labute approximate surface area is 141 Å². The molecule has 1 N–H and O–H groups in total. The molecule has 0 spiro atoms. The summed E-state index contributed by atoms with van der Waals surface area (Å²) < 4.78 is 5.62. The Kier molecular flexibility index (Phi) is 4.87. The van der Waals surface area contributed by atoms with Crippen LogP contribution in [0.25, 0.3) is 0 Å². The zero-order chi connectivity index (χ0) is 16.2. The van der Waals surface area contributed by atoms with Gasteiger partial charge in [-0.15, -0.1) is 0 Å². The molecule has 0 saturated carbocycles. The molecule has 2 aromatic rings. The molecule has 0 fully saturated rings. The third kappa shape index (κ3) is 4.05. The number of hydrogen-bond donors (Lipinski definition) is 1. The number of ether oxygens (including phenoxy) is 1. The molecule has 0 saturated heterocycles. The predicted octanol–water partition coefficient (Wildman–Crippen LogP) is 4.08. The highest BCUT2D eigenvalue weighted by Crippen LogP contribution is 2.26. The highest BCUT2D eigenvalue weighted by atomic mass is 35.5. The molecule has 1 atom stereocenters. The molecule has 1 aliphatic rings. The second-order valence-corrected chi connectivity index (χ2v) is 6.35. The number of fused-ring (bicyclic) bond motifs is 1. The van der Waals surface area contributed by atoms with E-state index in [1.807, 2.05) is 37.3 Å². The van der Waals surface area contributed by atoms with E-state index in [4.69, 9.17) is 16.3 Å². The van der Waals surface area contributed by atoms with Crippen LogP contribution in [0.5, 0.6) is 5.75 Å². The van der Waals surface area contributed by atoms with Crippen LogP contribution in [-0.4, -0.2) is 12.5 Å². The van der Waals surface area contributed by atoms with E-state index >= 15 is 0 Å². The first-order chi connectivity index (χ1) is 11.1. The summed E-state index contributed by atoms with van der Waals surface area (Å²) in [6, 6.07) is 13.5. The summed E-state index contributed by atoms with van der Waals surface area (Å²) in [5, 5.41) is 3.59. The fourth-order valence-corrected chi connectivity index (χ4v) is 3.13. The zero-order valence-electron chi connectivity index (χ0n) is 13.1. The molecule has 2 aromatic carbocycles. The van der Waals surface area contributed by atoms with E-state index in [1.54, 1.807) is 0 Å². The standard InChI is InChI=1S/C19H20ClNO2/c1-13(15-5-3-7-17(20)10-15)21-19(22)12-23-18-9-8-14-4-2-6-16(14)11-18/h3,5,7-11,13H,2,4,6,12H2,1H3,(H,21,22)/t13-/m0/s1. The van der Waals surface area contributed by atoms with Gasteiger partial charge in [0.1, 0.15) is 5.75 Å². The molecule has 0 unspecified atom stereocenters. The molecule has 120 valence electrons. The molecule has 0 bridgehead atoms. The lowest BCUT2D eigenvalue weighted by Crippen LogP contribution is -2.31. The van der Waals surface area contributed by atoms with Crippen molar-refractivity contribution >= 4 is 17.5 Å². The Balaban J connectivity index is 1.53. The first-order valence-electron chi connectivity index (χ1n) is 7.91. The molecule has 3 rings (SSSR count). The molecule has 3 nitrogen and oxygen atoms in total. The Bertz CT molecular complexity index is 714. The van der Waals surface area contributed by atoms with Gasteiger partial charge in [-0.05, 0) is 67.1 Å². The lowest BCUT2D eigenvalue weighted by atomic mass is 10.1. The molecule has 0 aliphatic heterocycles. The van der Waals surface area contributed by atoms with Crippen molar-refractivity contribution in [2.24, 2.45) is 0 Å². The molecule has 1 aliphatic carbocycles. The Morgan fingerprint density at radius 3 is 2.87 bits per heavy atom. The number of amides is 1. The first kappa shape index (κ1) is 15.9. The summed E-state index contributed by atoms with van der Waals surface area (Å²) in [7, 11) is 0. The van der Waals surface area contributed by atoms with Gasteiger partial charge in [0.2, 0.25) is 0 Å². The molecule has 1 amide bonds. The summed E-state index contributed by atoms with van der Waals surface area (Å²) >= 11 is 5.98. The molecule has 0 aromatic heterocycles. The van der Waals surface area contributed by atoms with Crippen molar-refractivity contribution in [1.29, 1.82) is 0 Å². The van der Waals surface area contributed by atoms with Crippen LogP contribution in [0.2, 0.25) is 5.02 Å². The molecule has 0 heterocycles. The van der Waals surface area contributed by atoms with Crippen LogP contribution in [-0.2, 0) is 17.6 Å². The smallest absolute Gasteiger partial charge is 0.258 e. The fraction of sp³-hybridized carbons (Fsp3) is 0.316. The number of benzene rings is 2. The fourth-order valence-electron chi connectivity index (χ4n) is 2.93. The molecule has 4 heteroatoms. The SMILES string of the molecule is C[C@H](NC(=O)COc1ccc2c(c1)CCC2)c1cccc(Cl)c1. The van der Waals surface area contributed by atoms with Gasteiger partial charge < -0.3 is 10.1 Å². The average molecular weight is 330 g/mol. The van der Waals surface area contributed by atoms with E-state index in [1.165, 1.54) is 17.5 Å². The second-order valence-electron chi connectivity index (χ2n) is 5.92. The Morgan fingerprint density at radius 2 is 2.04 bits per heavy atom. The monoisotopic (exact) mass is 329 g/mol. The Morgan fingerprint density at radius 1 is 1.22 bits per heavy atom. The number of halogens is 1. The maximum atomic E-state index is 12.0. The number of carbonyl (C=O) groups excluding carboxylic acids is 1. The lowest BCUT2D eigenvalue weighted by molar-refractivity contribution is -0.123. The topological polar surface area (TPSA) is 38.3 Å². The number of nitrogens with one attached hydrogen (secondary N) is 1. The highest BCUT2D eigenvalue weighted by molar-refractivity contribution is 6.30. The van der Waals surface area contributed by atoms with Crippen LogP contribution < -0.4 is 10.1 Å². The van der Waals surface area contributed by atoms with Crippen molar-refractivity contribution in [1.82, 2.24) is 5.32 Å². The second kappa shape index (κ2) is 7.05. The molecule has 0 radical (unpaired) electrons. The van der Waals surface area contributed by atoms with Crippen molar-refractivity contribution in [3.05, 3.63) is 64.2 Å². The van der Waals surface area contributed by atoms with Crippen LogP contribution in [0.3, 0.4) is 0 Å². The van der Waals surface area contributed by atoms with Gasteiger partial charge in [0.25, 0.3) is 5.91 Å². The minimum atomic E-state index is -0.141. The Hall–Kier alpha value is -2.00. The molecule has 23 heavy (non-hydrogen) atoms. The maximum absolute atomic E-state index is 12.0. The summed E-state index contributed by atoms with van der Waals surface area (Å²) in [5.74, 6) is 0.620. The largest absolute Gasteiger partial charge is 0.484 e. The van der Waals surface area contributed by atoms with Crippen molar-refractivity contribution in [2.45, 2.75) is 32.2 Å². The van der Waals surface area contributed by atoms with Gasteiger partial charge in [0, 0.05) is 5.02 Å². The van der Waals surface area contributed by atoms with Crippen LogP contribution in [0.15, 0.2) is 42.5 Å². The van der Waals surface area contributed by atoms with Crippen molar-refractivity contribution in [3.63, 3.8) is 0 Å². The maximum Gasteiger partial charge on any atom is 0.258 e. The quantitative estimate of drug-likeness (QED) is 0.897. The first-order valence-corrected chi connectivity index (χ1v) is 8.29. The lowest BCUT2D eigenvalue weighted by Gasteiger charge is -2.15. The van der Waals surface area contributed by atoms with Gasteiger partial charge in [0.05, 0.1) is 6.04 Å². The van der Waals surface area contributed by atoms with E-state index < -0.39 is 0 Å². The van der Waals surface area contributed by atoms with E-state index in [2.05, 4.69) is 17.4 Å². The number of carbonyl (C=O) groups is 1. The number of aryl methyl sites for hydroxylation is 2. The van der Waals surface area contributed by atoms with E-state index in [-0.39, 0.29) is 18.6 Å². The molecular weight excluding hydrogens is 310 g/mol. The highest BCUT2D eigenvalue weighted by Gasteiger charge is 2.13. The molecular formula is C19H20ClNO2. The number of rotatable bonds is 5.